The highest BCUT2D eigenvalue weighted by atomic mass is 32.2. The molecule has 26 heavy (non-hydrogen) atoms. The number of carbonyl (C=O) groups excluding carboxylic acids is 1. The van der Waals surface area contributed by atoms with Crippen molar-refractivity contribution in [1.82, 2.24) is 0 Å². The fraction of sp³-hybridized carbons (Fsp3) is 0.105. The van der Waals surface area contributed by atoms with E-state index >= 15 is 0 Å². The smallest absolute Gasteiger partial charge is 0.265 e. The Hall–Kier alpha value is -2.93. The van der Waals surface area contributed by atoms with Crippen LogP contribution in [0, 0.1) is 5.82 Å². The maximum absolute atomic E-state index is 13.0. The molecule has 1 amide bonds. The van der Waals surface area contributed by atoms with Crippen molar-refractivity contribution in [1.29, 1.82) is 0 Å². The van der Waals surface area contributed by atoms with Crippen molar-refractivity contribution in [3.63, 3.8) is 0 Å². The summed E-state index contributed by atoms with van der Waals surface area (Å²) >= 11 is 0. The third-order valence-corrected chi connectivity index (χ3v) is 6.39. The van der Waals surface area contributed by atoms with E-state index in [9.17, 15) is 17.6 Å². The van der Waals surface area contributed by atoms with Crippen LogP contribution in [0.3, 0.4) is 0 Å². The second kappa shape index (κ2) is 5.81. The van der Waals surface area contributed by atoms with Crippen LogP contribution in [0.1, 0.15) is 6.92 Å². The van der Waals surface area contributed by atoms with Gasteiger partial charge < -0.3 is 5.32 Å². The molecule has 1 atom stereocenters. The molecule has 4 rings (SSSR count). The van der Waals surface area contributed by atoms with Crippen LogP contribution in [0.15, 0.2) is 65.6 Å². The lowest BCUT2D eigenvalue weighted by Gasteiger charge is -2.25. The summed E-state index contributed by atoms with van der Waals surface area (Å²) in [6.07, 6.45) is 0. The number of anilines is 2. The molecule has 0 fully saturated rings. The first-order valence-electron chi connectivity index (χ1n) is 8.02. The van der Waals surface area contributed by atoms with Gasteiger partial charge in [0, 0.05) is 11.1 Å². The lowest BCUT2D eigenvalue weighted by molar-refractivity contribution is -0.116. The molecule has 0 radical (unpaired) electrons. The Bertz CT molecular complexity index is 1120. The fourth-order valence-electron chi connectivity index (χ4n) is 3.22. The fourth-order valence-corrected chi connectivity index (χ4v) is 5.09. The van der Waals surface area contributed by atoms with E-state index < -0.39 is 27.8 Å². The third-order valence-electron chi connectivity index (χ3n) is 4.46. The molecule has 0 aromatic heterocycles. The Labute approximate surface area is 150 Å². The normalized spacial score (nSPS) is 15.8. The lowest BCUT2D eigenvalue weighted by Crippen LogP contribution is -2.43. The quantitative estimate of drug-likeness (QED) is 0.767. The minimum atomic E-state index is -3.83. The topological polar surface area (TPSA) is 66.5 Å². The molecule has 1 aliphatic rings. The number of hydrogen-bond donors (Lipinski definition) is 1. The Morgan fingerprint density at radius 3 is 2.38 bits per heavy atom. The van der Waals surface area contributed by atoms with E-state index in [2.05, 4.69) is 5.32 Å². The van der Waals surface area contributed by atoms with Gasteiger partial charge in [-0.05, 0) is 48.7 Å². The van der Waals surface area contributed by atoms with Gasteiger partial charge in [0.05, 0.1) is 10.6 Å². The van der Waals surface area contributed by atoms with Crippen molar-refractivity contribution in [2.45, 2.75) is 17.9 Å². The molecule has 1 aliphatic heterocycles. The van der Waals surface area contributed by atoms with Crippen LogP contribution in [0.25, 0.3) is 10.8 Å². The minimum absolute atomic E-state index is 0.201. The van der Waals surface area contributed by atoms with Crippen molar-refractivity contribution in [3.05, 3.63) is 66.5 Å². The minimum Gasteiger partial charge on any atom is -0.324 e. The van der Waals surface area contributed by atoms with E-state index in [1.807, 2.05) is 12.1 Å². The summed E-state index contributed by atoms with van der Waals surface area (Å²) in [5, 5.41) is 4.06. The maximum atomic E-state index is 13.0. The monoisotopic (exact) mass is 370 g/mol. The molecule has 0 saturated heterocycles. The van der Waals surface area contributed by atoms with E-state index in [-0.39, 0.29) is 4.90 Å². The van der Waals surface area contributed by atoms with E-state index in [0.717, 1.165) is 9.69 Å². The first-order valence-corrected chi connectivity index (χ1v) is 9.46. The zero-order chi connectivity index (χ0) is 18.5. The van der Waals surface area contributed by atoms with Crippen molar-refractivity contribution < 1.29 is 17.6 Å². The predicted molar refractivity (Wildman–Crippen MR) is 98.1 cm³/mol. The van der Waals surface area contributed by atoms with Crippen LogP contribution in [-0.4, -0.2) is 20.4 Å². The van der Waals surface area contributed by atoms with E-state index in [1.54, 1.807) is 24.3 Å². The highest BCUT2D eigenvalue weighted by Gasteiger charge is 2.40. The molecular formula is C19H15FN2O3S. The van der Waals surface area contributed by atoms with Crippen molar-refractivity contribution >= 4 is 38.1 Å². The summed E-state index contributed by atoms with van der Waals surface area (Å²) in [6, 6.07) is 14.7. The Balaban J connectivity index is 1.72. The third kappa shape index (κ3) is 2.43. The van der Waals surface area contributed by atoms with Gasteiger partial charge in [-0.2, -0.15) is 0 Å². The number of hydrogen-bond acceptors (Lipinski definition) is 3. The molecular weight excluding hydrogens is 355 g/mol. The van der Waals surface area contributed by atoms with Crippen LogP contribution in [0.2, 0.25) is 0 Å². The summed E-state index contributed by atoms with van der Waals surface area (Å²) < 4.78 is 40.2. The molecule has 1 N–H and O–H groups in total. The molecule has 3 aromatic rings. The number of rotatable bonds is 3. The van der Waals surface area contributed by atoms with E-state index in [0.29, 0.717) is 16.8 Å². The molecule has 1 unspecified atom stereocenters. The average Bonchev–Trinajstić information content (AvgIpc) is 2.85. The lowest BCUT2D eigenvalue weighted by atomic mass is 10.1. The van der Waals surface area contributed by atoms with Crippen molar-refractivity contribution in [2.24, 2.45) is 0 Å². The second-order valence-electron chi connectivity index (χ2n) is 6.10. The summed E-state index contributed by atoms with van der Waals surface area (Å²) in [6.45, 7) is 1.53. The van der Waals surface area contributed by atoms with Gasteiger partial charge in [-0.3, -0.25) is 9.10 Å². The molecule has 7 heteroatoms. The predicted octanol–water partition coefficient (Wildman–Crippen LogP) is 3.51. The number of benzene rings is 3. The Morgan fingerprint density at radius 1 is 1.04 bits per heavy atom. The Morgan fingerprint density at radius 2 is 1.69 bits per heavy atom. The van der Waals surface area contributed by atoms with Crippen molar-refractivity contribution in [2.75, 3.05) is 9.62 Å². The SMILES string of the molecule is CC(C(=O)Nc1ccc(F)cc1)N1c2cccc3cccc(c23)S1(=O)=O. The van der Waals surface area contributed by atoms with Gasteiger partial charge in [-0.25, -0.2) is 12.8 Å². The number of carbonyl (C=O) groups is 1. The molecule has 0 saturated carbocycles. The second-order valence-corrected chi connectivity index (χ2v) is 7.89. The van der Waals surface area contributed by atoms with Crippen LogP contribution in [-0.2, 0) is 14.8 Å². The standard InChI is InChI=1S/C19H15FN2O3S/c1-12(19(23)21-15-10-8-14(20)9-11-15)22-16-6-2-4-13-5-3-7-17(18(13)16)26(22,24)25/h2-12H,1H3,(H,21,23). The molecule has 5 nitrogen and oxygen atoms in total. The van der Waals surface area contributed by atoms with E-state index in [1.165, 1.54) is 31.2 Å². The van der Waals surface area contributed by atoms with E-state index in [4.69, 9.17) is 0 Å². The average molecular weight is 370 g/mol. The number of nitrogens with one attached hydrogen (secondary N) is 1. The Kier molecular flexibility index (Phi) is 3.69. The molecule has 132 valence electrons. The summed E-state index contributed by atoms with van der Waals surface area (Å²) in [7, 11) is -3.83. The van der Waals surface area contributed by atoms with Crippen LogP contribution in [0.4, 0.5) is 15.8 Å². The van der Waals surface area contributed by atoms with Gasteiger partial charge in [0.1, 0.15) is 11.9 Å². The number of amides is 1. The number of nitrogens with zero attached hydrogens (tertiary/aromatic N) is 1. The van der Waals surface area contributed by atoms with Gasteiger partial charge in [0.2, 0.25) is 5.91 Å². The van der Waals surface area contributed by atoms with Crippen LogP contribution in [0.5, 0.6) is 0 Å². The number of halogens is 1. The molecule has 0 aliphatic carbocycles. The largest absolute Gasteiger partial charge is 0.324 e. The number of sulfonamides is 1. The molecule has 1 heterocycles. The van der Waals surface area contributed by atoms with Gasteiger partial charge in [-0.1, -0.05) is 24.3 Å². The summed E-state index contributed by atoms with van der Waals surface area (Å²) in [5.74, 6) is -0.912. The molecule has 0 bridgehead atoms. The van der Waals surface area contributed by atoms with Gasteiger partial charge in [0.25, 0.3) is 10.0 Å². The maximum Gasteiger partial charge on any atom is 0.265 e. The van der Waals surface area contributed by atoms with Crippen LogP contribution >= 0.6 is 0 Å². The first-order chi connectivity index (χ1) is 12.4. The summed E-state index contributed by atoms with van der Waals surface area (Å²) in [5.41, 5.74) is 0.885. The first kappa shape index (κ1) is 16.5. The summed E-state index contributed by atoms with van der Waals surface area (Å²) in [4.78, 5) is 12.8. The van der Waals surface area contributed by atoms with Gasteiger partial charge in [-0.15, -0.1) is 0 Å². The van der Waals surface area contributed by atoms with Crippen LogP contribution < -0.4 is 9.62 Å². The zero-order valence-electron chi connectivity index (χ0n) is 13.8. The van der Waals surface area contributed by atoms with Gasteiger partial charge in [0.15, 0.2) is 0 Å². The highest BCUT2D eigenvalue weighted by Crippen LogP contribution is 2.43. The highest BCUT2D eigenvalue weighted by molar-refractivity contribution is 7.93. The van der Waals surface area contributed by atoms with Gasteiger partial charge >= 0.3 is 0 Å². The van der Waals surface area contributed by atoms with Crippen molar-refractivity contribution in [3.8, 4) is 0 Å². The molecule has 0 spiro atoms. The molecule has 3 aromatic carbocycles. The zero-order valence-corrected chi connectivity index (χ0v) is 14.6.